The molecule has 7 nitrogen and oxygen atoms in total. The highest BCUT2D eigenvalue weighted by Crippen LogP contribution is 2.68. The summed E-state index contributed by atoms with van der Waals surface area (Å²) in [6, 6.07) is 0. The van der Waals surface area contributed by atoms with E-state index < -0.39 is 12.1 Å². The summed E-state index contributed by atoms with van der Waals surface area (Å²) in [4.78, 5) is 22.7. The van der Waals surface area contributed by atoms with Crippen molar-refractivity contribution in [3.05, 3.63) is 0 Å². The van der Waals surface area contributed by atoms with Crippen LogP contribution in [-0.2, 0) is 9.59 Å². The smallest absolute Gasteiger partial charge is 0.322 e. The predicted octanol–water partition coefficient (Wildman–Crippen LogP) is 2.56. The summed E-state index contributed by atoms with van der Waals surface area (Å²) in [5.74, 6) is 0.265. The molecule has 11 atom stereocenters. The Balaban J connectivity index is 1.49. The second-order valence-corrected chi connectivity index (χ2v) is 12.2. The van der Waals surface area contributed by atoms with Crippen LogP contribution in [-0.4, -0.2) is 57.2 Å². The SMILES string of the molecule is C[C@@H](CCC(=O)NCC(=O)O)[C@H]1CC[C@H]2[C@@H]3[C@@H](O)C[C@H]4C[C@@H](O)CC[C@]4(C)[C@H]3C[C@H](O)[C@]12C. The monoisotopic (exact) mass is 465 g/mol. The van der Waals surface area contributed by atoms with Gasteiger partial charge in [-0.25, -0.2) is 0 Å². The van der Waals surface area contributed by atoms with Crippen molar-refractivity contribution in [2.24, 2.45) is 46.3 Å². The van der Waals surface area contributed by atoms with Gasteiger partial charge in [-0.15, -0.1) is 0 Å². The van der Waals surface area contributed by atoms with Gasteiger partial charge in [0.15, 0.2) is 0 Å². The minimum atomic E-state index is -1.04. The van der Waals surface area contributed by atoms with E-state index in [-0.39, 0.29) is 65.1 Å². The summed E-state index contributed by atoms with van der Waals surface area (Å²) < 4.78 is 0. The molecule has 0 aromatic heterocycles. The van der Waals surface area contributed by atoms with E-state index in [1.807, 2.05) is 0 Å². The molecule has 0 aromatic carbocycles. The number of nitrogens with one attached hydrogen (secondary N) is 1. The van der Waals surface area contributed by atoms with E-state index in [4.69, 9.17) is 5.11 Å². The van der Waals surface area contributed by atoms with Crippen LogP contribution in [0.15, 0.2) is 0 Å². The highest BCUT2D eigenvalue weighted by molar-refractivity contribution is 5.81. The van der Waals surface area contributed by atoms with Crippen LogP contribution >= 0.6 is 0 Å². The van der Waals surface area contributed by atoms with Gasteiger partial charge in [-0.05, 0) is 97.7 Å². The highest BCUT2D eigenvalue weighted by atomic mass is 16.4. The molecule has 4 aliphatic rings. The molecule has 0 bridgehead atoms. The minimum absolute atomic E-state index is 0.0668. The Hall–Kier alpha value is -1.18. The fraction of sp³-hybridized carbons (Fsp3) is 0.923. The number of hydrogen-bond acceptors (Lipinski definition) is 5. The molecule has 4 rings (SSSR count). The second kappa shape index (κ2) is 9.12. The Morgan fingerprint density at radius 1 is 1.03 bits per heavy atom. The number of aliphatic carboxylic acids is 1. The average Bonchev–Trinajstić information content (AvgIpc) is 3.11. The maximum Gasteiger partial charge on any atom is 0.322 e. The van der Waals surface area contributed by atoms with Gasteiger partial charge in [0.2, 0.25) is 5.91 Å². The lowest BCUT2D eigenvalue weighted by Crippen LogP contribution is -2.62. The Morgan fingerprint density at radius 3 is 2.45 bits per heavy atom. The standard InChI is InChI=1S/C26H43NO6/c1-14(4-7-22(31)27-13-23(32)33)17-5-6-18-24-19(12-21(30)26(17,18)3)25(2)9-8-16(28)10-15(25)11-20(24)29/h14-21,24,28-30H,4-13H2,1-3H3,(H,27,31)(H,32,33)/t14-,15+,16-,17+,18-,19-,20-,21-,24-,25-,26+/m0/s1. The second-order valence-electron chi connectivity index (χ2n) is 12.2. The van der Waals surface area contributed by atoms with Crippen LogP contribution in [0.1, 0.15) is 78.6 Å². The van der Waals surface area contributed by atoms with Crippen LogP contribution in [0.25, 0.3) is 0 Å². The van der Waals surface area contributed by atoms with Crippen LogP contribution in [0.3, 0.4) is 0 Å². The normalized spacial score (nSPS) is 47.7. The van der Waals surface area contributed by atoms with Gasteiger partial charge in [0.1, 0.15) is 6.54 Å². The molecule has 4 aliphatic carbocycles. The molecular formula is C26H43NO6. The summed E-state index contributed by atoms with van der Waals surface area (Å²) in [6.07, 6.45) is 5.86. The lowest BCUT2D eigenvalue weighted by atomic mass is 9.43. The third kappa shape index (κ3) is 4.23. The summed E-state index contributed by atoms with van der Waals surface area (Å²) >= 11 is 0. The largest absolute Gasteiger partial charge is 0.480 e. The molecule has 7 heteroatoms. The van der Waals surface area contributed by atoms with Crippen molar-refractivity contribution in [2.75, 3.05) is 6.54 Å². The number of carbonyl (C=O) groups excluding carboxylic acids is 1. The van der Waals surface area contributed by atoms with Gasteiger partial charge in [-0.1, -0.05) is 20.8 Å². The minimum Gasteiger partial charge on any atom is -0.480 e. The van der Waals surface area contributed by atoms with Crippen molar-refractivity contribution in [2.45, 2.75) is 96.9 Å². The first-order valence-electron chi connectivity index (χ1n) is 13.0. The predicted molar refractivity (Wildman–Crippen MR) is 123 cm³/mol. The number of carbonyl (C=O) groups is 2. The fourth-order valence-electron chi connectivity index (χ4n) is 8.95. The van der Waals surface area contributed by atoms with Crippen molar-refractivity contribution in [3.8, 4) is 0 Å². The van der Waals surface area contributed by atoms with Crippen LogP contribution in [0, 0.1) is 46.3 Å². The molecule has 4 fully saturated rings. The lowest BCUT2D eigenvalue weighted by Gasteiger charge is -2.63. The topological polar surface area (TPSA) is 127 Å². The number of hydrogen-bond donors (Lipinski definition) is 5. The first kappa shape index (κ1) is 24.9. The van der Waals surface area contributed by atoms with E-state index in [0.717, 1.165) is 38.5 Å². The number of aliphatic hydroxyl groups is 3. The van der Waals surface area contributed by atoms with Gasteiger partial charge in [-0.2, -0.15) is 0 Å². The van der Waals surface area contributed by atoms with Gasteiger partial charge in [-0.3, -0.25) is 9.59 Å². The van der Waals surface area contributed by atoms with Gasteiger partial charge in [0.25, 0.3) is 0 Å². The summed E-state index contributed by atoms with van der Waals surface area (Å²) in [6.45, 7) is 6.35. The molecule has 0 heterocycles. The number of aliphatic hydroxyl groups excluding tert-OH is 3. The molecule has 0 unspecified atom stereocenters. The van der Waals surface area contributed by atoms with Crippen molar-refractivity contribution < 1.29 is 30.0 Å². The molecule has 33 heavy (non-hydrogen) atoms. The summed E-state index contributed by atoms with van der Waals surface area (Å²) in [7, 11) is 0. The Labute approximate surface area is 197 Å². The number of carboxylic acid groups (broad SMARTS) is 1. The van der Waals surface area contributed by atoms with Crippen molar-refractivity contribution in [3.63, 3.8) is 0 Å². The molecule has 1 amide bonds. The first-order valence-corrected chi connectivity index (χ1v) is 13.0. The first-order chi connectivity index (χ1) is 15.5. The summed E-state index contributed by atoms with van der Waals surface area (Å²) in [5, 5.41) is 44.4. The van der Waals surface area contributed by atoms with Gasteiger partial charge >= 0.3 is 5.97 Å². The zero-order chi connectivity index (χ0) is 24.1. The van der Waals surface area contributed by atoms with Crippen LogP contribution in [0.4, 0.5) is 0 Å². The third-order valence-electron chi connectivity index (χ3n) is 10.8. The van der Waals surface area contributed by atoms with Gasteiger partial charge in [0, 0.05) is 6.42 Å². The fourth-order valence-corrected chi connectivity index (χ4v) is 8.95. The molecule has 0 radical (unpaired) electrons. The Kier molecular flexibility index (Phi) is 6.89. The van der Waals surface area contributed by atoms with E-state index in [1.54, 1.807) is 0 Å². The van der Waals surface area contributed by atoms with Crippen molar-refractivity contribution in [1.29, 1.82) is 0 Å². The zero-order valence-electron chi connectivity index (χ0n) is 20.4. The van der Waals surface area contributed by atoms with E-state index in [2.05, 4.69) is 26.1 Å². The molecule has 0 aromatic rings. The van der Waals surface area contributed by atoms with E-state index >= 15 is 0 Å². The Bertz CT molecular complexity index is 759. The average molecular weight is 466 g/mol. The maximum absolute atomic E-state index is 12.0. The van der Waals surface area contributed by atoms with E-state index in [1.165, 1.54) is 0 Å². The molecule has 0 aliphatic heterocycles. The number of fused-ring (bicyclic) bond motifs is 5. The van der Waals surface area contributed by atoms with Crippen molar-refractivity contribution >= 4 is 11.9 Å². The molecule has 188 valence electrons. The van der Waals surface area contributed by atoms with Gasteiger partial charge < -0.3 is 25.7 Å². The highest BCUT2D eigenvalue weighted by Gasteiger charge is 2.65. The number of carboxylic acids is 1. The Morgan fingerprint density at radius 2 is 1.76 bits per heavy atom. The molecule has 0 saturated heterocycles. The van der Waals surface area contributed by atoms with Crippen LogP contribution in [0.2, 0.25) is 0 Å². The van der Waals surface area contributed by atoms with E-state index in [0.29, 0.717) is 25.2 Å². The maximum atomic E-state index is 12.0. The lowest BCUT2D eigenvalue weighted by molar-refractivity contribution is -0.207. The van der Waals surface area contributed by atoms with Crippen LogP contribution < -0.4 is 5.32 Å². The molecular weight excluding hydrogens is 422 g/mol. The molecule has 5 N–H and O–H groups in total. The number of rotatable bonds is 6. The van der Waals surface area contributed by atoms with Crippen molar-refractivity contribution in [1.82, 2.24) is 5.32 Å². The molecule has 0 spiro atoms. The van der Waals surface area contributed by atoms with Crippen LogP contribution in [0.5, 0.6) is 0 Å². The molecule has 4 saturated carbocycles. The van der Waals surface area contributed by atoms with Gasteiger partial charge in [0.05, 0.1) is 18.3 Å². The number of amides is 1. The third-order valence-corrected chi connectivity index (χ3v) is 10.8. The zero-order valence-corrected chi connectivity index (χ0v) is 20.4. The summed E-state index contributed by atoms with van der Waals surface area (Å²) in [5.41, 5.74) is -0.214. The van der Waals surface area contributed by atoms with E-state index in [9.17, 15) is 24.9 Å². The quantitative estimate of drug-likeness (QED) is 0.410.